The first-order valence-electron chi connectivity index (χ1n) is 8.31. The van der Waals surface area contributed by atoms with E-state index >= 15 is 0 Å². The molecular formula is C19H19N3O. The molecule has 1 aromatic heterocycles. The lowest BCUT2D eigenvalue weighted by Gasteiger charge is -2.35. The van der Waals surface area contributed by atoms with E-state index in [1.165, 1.54) is 0 Å². The van der Waals surface area contributed by atoms with Gasteiger partial charge in [-0.05, 0) is 31.2 Å². The molecule has 0 amide bonds. The van der Waals surface area contributed by atoms with E-state index in [0.717, 1.165) is 68.0 Å². The van der Waals surface area contributed by atoms with Crippen molar-refractivity contribution < 1.29 is 0 Å². The molecule has 2 aliphatic rings. The Hall–Kier alpha value is -2.54. The summed E-state index contributed by atoms with van der Waals surface area (Å²) in [6.45, 7) is 2.89. The average Bonchev–Trinajstić information content (AvgIpc) is 2.82. The molecule has 0 spiro atoms. The molecule has 0 radical (unpaired) electrons. The molecule has 1 aromatic carbocycles. The molecule has 0 saturated carbocycles. The van der Waals surface area contributed by atoms with Crippen molar-refractivity contribution in [1.82, 2.24) is 4.57 Å². The summed E-state index contributed by atoms with van der Waals surface area (Å²) in [5, 5.41) is 9.66. The summed E-state index contributed by atoms with van der Waals surface area (Å²) in [4.78, 5) is 15.3. The molecular weight excluding hydrogens is 286 g/mol. The summed E-state index contributed by atoms with van der Waals surface area (Å²) in [6, 6.07) is 12.0. The lowest BCUT2D eigenvalue weighted by atomic mass is 9.99. The van der Waals surface area contributed by atoms with Crippen molar-refractivity contribution >= 4 is 5.82 Å². The number of hydrogen-bond acceptors (Lipinski definition) is 3. The Morgan fingerprint density at radius 2 is 1.78 bits per heavy atom. The molecule has 23 heavy (non-hydrogen) atoms. The molecule has 0 aliphatic carbocycles. The zero-order chi connectivity index (χ0) is 15.8. The predicted octanol–water partition coefficient (Wildman–Crippen LogP) is 2.93. The highest BCUT2D eigenvalue weighted by atomic mass is 16.1. The van der Waals surface area contributed by atoms with Crippen LogP contribution in [0.1, 0.15) is 30.4 Å². The Kier molecular flexibility index (Phi) is 3.42. The first kappa shape index (κ1) is 14.1. The highest BCUT2D eigenvalue weighted by molar-refractivity contribution is 5.72. The number of nitrogens with zero attached hydrogens (tertiary/aromatic N) is 3. The van der Waals surface area contributed by atoms with E-state index in [0.29, 0.717) is 5.56 Å². The van der Waals surface area contributed by atoms with E-state index in [-0.39, 0.29) is 5.43 Å². The van der Waals surface area contributed by atoms with Gasteiger partial charge in [-0.3, -0.25) is 4.79 Å². The Morgan fingerprint density at radius 1 is 1.00 bits per heavy atom. The van der Waals surface area contributed by atoms with Gasteiger partial charge < -0.3 is 9.47 Å². The van der Waals surface area contributed by atoms with E-state index in [2.05, 4.69) is 15.5 Å². The Bertz CT molecular complexity index is 846. The molecule has 116 valence electrons. The third-order valence-corrected chi connectivity index (χ3v) is 4.91. The van der Waals surface area contributed by atoms with Gasteiger partial charge in [0.15, 0.2) is 0 Å². The van der Waals surface area contributed by atoms with Gasteiger partial charge in [-0.15, -0.1) is 0 Å². The lowest BCUT2D eigenvalue weighted by Crippen LogP contribution is -2.37. The van der Waals surface area contributed by atoms with Gasteiger partial charge in [-0.1, -0.05) is 30.3 Å². The van der Waals surface area contributed by atoms with Gasteiger partial charge >= 0.3 is 0 Å². The van der Waals surface area contributed by atoms with E-state index < -0.39 is 0 Å². The summed E-state index contributed by atoms with van der Waals surface area (Å²) in [5.74, 6) is 1.07. The largest absolute Gasteiger partial charge is 0.358 e. The predicted molar refractivity (Wildman–Crippen MR) is 90.6 cm³/mol. The number of hydrogen-bond donors (Lipinski definition) is 0. The summed E-state index contributed by atoms with van der Waals surface area (Å²) >= 11 is 0. The highest BCUT2D eigenvalue weighted by Crippen LogP contribution is 2.34. The molecule has 2 aromatic rings. The van der Waals surface area contributed by atoms with Crippen molar-refractivity contribution in [2.24, 2.45) is 0 Å². The number of benzene rings is 1. The summed E-state index contributed by atoms with van der Waals surface area (Å²) in [5.41, 5.74) is 2.84. The van der Waals surface area contributed by atoms with Crippen molar-refractivity contribution in [3.05, 3.63) is 51.7 Å². The van der Waals surface area contributed by atoms with Gasteiger partial charge in [0.05, 0.1) is 5.69 Å². The molecule has 0 fully saturated rings. The van der Waals surface area contributed by atoms with Crippen molar-refractivity contribution in [3.8, 4) is 17.3 Å². The molecule has 4 rings (SSSR count). The molecule has 0 atom stereocenters. The summed E-state index contributed by atoms with van der Waals surface area (Å²) in [7, 11) is 0. The normalized spacial score (nSPS) is 16.4. The molecule has 4 heteroatoms. The average molecular weight is 305 g/mol. The number of nitriles is 1. The van der Waals surface area contributed by atoms with Crippen LogP contribution in [-0.4, -0.2) is 17.7 Å². The maximum atomic E-state index is 13.0. The van der Waals surface area contributed by atoms with Crippen LogP contribution in [0, 0.1) is 11.3 Å². The van der Waals surface area contributed by atoms with Crippen LogP contribution in [0.2, 0.25) is 0 Å². The summed E-state index contributed by atoms with van der Waals surface area (Å²) < 4.78 is 2.22. The quantitative estimate of drug-likeness (QED) is 0.814. The fourth-order valence-corrected chi connectivity index (χ4v) is 3.92. The van der Waals surface area contributed by atoms with Crippen LogP contribution < -0.4 is 10.3 Å². The topological polar surface area (TPSA) is 49.0 Å². The van der Waals surface area contributed by atoms with Gasteiger partial charge in [0.25, 0.3) is 0 Å². The third-order valence-electron chi connectivity index (χ3n) is 4.91. The molecule has 0 N–H and O–H groups in total. The Morgan fingerprint density at radius 3 is 2.57 bits per heavy atom. The molecule has 0 bridgehead atoms. The zero-order valence-electron chi connectivity index (χ0n) is 13.1. The van der Waals surface area contributed by atoms with Crippen LogP contribution >= 0.6 is 0 Å². The minimum atomic E-state index is -0.0635. The SMILES string of the molecule is N#Cc1c(-c2ccccc2)n2c3c(c1=O)CCCCN3CCC2. The zero-order valence-corrected chi connectivity index (χ0v) is 13.1. The van der Waals surface area contributed by atoms with Crippen molar-refractivity contribution in [1.29, 1.82) is 5.26 Å². The molecule has 0 unspecified atom stereocenters. The second-order valence-corrected chi connectivity index (χ2v) is 6.28. The Labute approximate surface area is 135 Å². The maximum Gasteiger partial charge on any atom is 0.205 e. The first-order chi connectivity index (χ1) is 11.3. The van der Waals surface area contributed by atoms with Gasteiger partial charge in [0.2, 0.25) is 5.43 Å². The van der Waals surface area contributed by atoms with Crippen molar-refractivity contribution in [2.75, 3.05) is 18.0 Å². The minimum absolute atomic E-state index is 0.0635. The van der Waals surface area contributed by atoms with Crippen LogP contribution in [0.4, 0.5) is 5.82 Å². The standard InChI is InChI=1S/C19H19N3O/c20-13-16-17(14-7-2-1-3-8-14)22-12-6-11-21-10-5-4-9-15(18(16)23)19(21)22/h1-3,7-8H,4-6,9-12H2. The van der Waals surface area contributed by atoms with E-state index in [1.807, 2.05) is 30.3 Å². The third kappa shape index (κ3) is 2.16. The lowest BCUT2D eigenvalue weighted by molar-refractivity contribution is 0.558. The highest BCUT2D eigenvalue weighted by Gasteiger charge is 2.29. The number of anilines is 1. The minimum Gasteiger partial charge on any atom is -0.358 e. The van der Waals surface area contributed by atoms with Crippen LogP contribution in [0.25, 0.3) is 11.3 Å². The van der Waals surface area contributed by atoms with Gasteiger partial charge in [-0.2, -0.15) is 5.26 Å². The van der Waals surface area contributed by atoms with Crippen molar-refractivity contribution in [3.63, 3.8) is 0 Å². The smallest absolute Gasteiger partial charge is 0.205 e. The summed E-state index contributed by atoms with van der Waals surface area (Å²) in [6.07, 6.45) is 3.97. The molecule has 2 aliphatic heterocycles. The van der Waals surface area contributed by atoms with Crippen molar-refractivity contribution in [2.45, 2.75) is 32.2 Å². The Balaban J connectivity index is 2.10. The maximum absolute atomic E-state index is 13.0. The van der Waals surface area contributed by atoms with Gasteiger partial charge in [0.1, 0.15) is 17.5 Å². The molecule has 0 saturated heterocycles. The molecule has 4 nitrogen and oxygen atoms in total. The number of pyridine rings is 1. The van der Waals surface area contributed by atoms with E-state index in [9.17, 15) is 10.1 Å². The first-order valence-corrected chi connectivity index (χ1v) is 8.31. The monoisotopic (exact) mass is 305 g/mol. The van der Waals surface area contributed by atoms with E-state index in [1.54, 1.807) is 0 Å². The van der Waals surface area contributed by atoms with Crippen LogP contribution in [0.5, 0.6) is 0 Å². The number of rotatable bonds is 1. The van der Waals surface area contributed by atoms with Crippen LogP contribution in [0.15, 0.2) is 35.1 Å². The van der Waals surface area contributed by atoms with Gasteiger partial charge in [0, 0.05) is 25.2 Å². The van der Waals surface area contributed by atoms with E-state index in [4.69, 9.17) is 0 Å². The number of aromatic nitrogens is 1. The molecule has 3 heterocycles. The second-order valence-electron chi connectivity index (χ2n) is 6.28. The fraction of sp³-hybridized carbons (Fsp3) is 0.368. The van der Waals surface area contributed by atoms with Crippen LogP contribution in [-0.2, 0) is 13.0 Å². The van der Waals surface area contributed by atoms with Crippen LogP contribution in [0.3, 0.4) is 0 Å². The second kappa shape index (κ2) is 5.58. The fourth-order valence-electron chi connectivity index (χ4n) is 3.92. The van der Waals surface area contributed by atoms with Gasteiger partial charge in [-0.25, -0.2) is 0 Å².